The number of carbonyl (C=O) groups is 1. The summed E-state index contributed by atoms with van der Waals surface area (Å²) in [5.41, 5.74) is 7.04. The predicted molar refractivity (Wildman–Crippen MR) is 113 cm³/mol. The lowest BCUT2D eigenvalue weighted by atomic mass is 10.2. The lowest BCUT2D eigenvalue weighted by Gasteiger charge is -2.15. The van der Waals surface area contributed by atoms with Crippen LogP contribution in [-0.4, -0.2) is 36.1 Å². The van der Waals surface area contributed by atoms with Crippen LogP contribution in [-0.2, 0) is 6.61 Å². The number of carbonyl (C=O) groups excluding carboxylic acids is 1. The van der Waals surface area contributed by atoms with E-state index in [1.165, 1.54) is 6.08 Å². The van der Waals surface area contributed by atoms with Crippen molar-refractivity contribution in [2.75, 3.05) is 13.2 Å². The standard InChI is InChI=1S/C22H27N3O4/c1-3-24-10-9-21(23)25-22(27)18-11-19(13-20(12-18)29-16(2)14-26)28-15-17-7-5-4-6-8-17/h4-13,16,24,26H,3,14-15H2,1-2H3,(H2,23,25,27)/b10-9-/t16-/m0/s1. The Labute approximate surface area is 170 Å². The zero-order chi connectivity index (χ0) is 21.1. The lowest BCUT2D eigenvalue weighted by Crippen LogP contribution is -2.17. The summed E-state index contributed by atoms with van der Waals surface area (Å²) in [5, 5.41) is 12.2. The number of amidine groups is 1. The van der Waals surface area contributed by atoms with Crippen molar-refractivity contribution in [1.29, 1.82) is 0 Å². The second-order valence-corrected chi connectivity index (χ2v) is 6.31. The fourth-order valence-electron chi connectivity index (χ4n) is 2.34. The van der Waals surface area contributed by atoms with Crippen molar-refractivity contribution in [1.82, 2.24) is 5.32 Å². The maximum Gasteiger partial charge on any atom is 0.279 e. The molecule has 2 rings (SSSR count). The van der Waals surface area contributed by atoms with Crippen molar-refractivity contribution in [2.45, 2.75) is 26.6 Å². The molecule has 0 bridgehead atoms. The Bertz CT molecular complexity index is 850. The number of aliphatic hydroxyl groups is 1. The Morgan fingerprint density at radius 2 is 1.97 bits per heavy atom. The van der Waals surface area contributed by atoms with Gasteiger partial charge in [-0.2, -0.15) is 4.99 Å². The van der Waals surface area contributed by atoms with Gasteiger partial charge >= 0.3 is 0 Å². The van der Waals surface area contributed by atoms with E-state index in [2.05, 4.69) is 10.3 Å². The molecule has 0 fully saturated rings. The van der Waals surface area contributed by atoms with Gasteiger partial charge in [0.05, 0.1) is 6.61 Å². The van der Waals surface area contributed by atoms with Crippen LogP contribution in [0.15, 0.2) is 65.8 Å². The summed E-state index contributed by atoms with van der Waals surface area (Å²) >= 11 is 0. The Morgan fingerprint density at radius 1 is 1.24 bits per heavy atom. The summed E-state index contributed by atoms with van der Waals surface area (Å²) in [6.45, 7) is 4.59. The smallest absolute Gasteiger partial charge is 0.279 e. The number of hydrogen-bond donors (Lipinski definition) is 3. The molecule has 1 atom stereocenters. The SMILES string of the molecule is CCN/C=C\C(N)=NC(=O)c1cc(OCc2ccccc2)cc(O[C@@H](C)CO)c1. The highest BCUT2D eigenvalue weighted by atomic mass is 16.5. The zero-order valence-electron chi connectivity index (χ0n) is 16.7. The number of nitrogens with two attached hydrogens (primary N) is 1. The molecule has 2 aromatic carbocycles. The average Bonchev–Trinajstić information content (AvgIpc) is 2.73. The first-order chi connectivity index (χ1) is 14.0. The van der Waals surface area contributed by atoms with Crippen LogP contribution in [0.4, 0.5) is 0 Å². The Balaban J connectivity index is 2.23. The topological polar surface area (TPSA) is 106 Å². The summed E-state index contributed by atoms with van der Waals surface area (Å²) in [5.74, 6) is 0.419. The molecule has 0 saturated carbocycles. The maximum atomic E-state index is 12.5. The van der Waals surface area contributed by atoms with E-state index in [9.17, 15) is 9.90 Å². The van der Waals surface area contributed by atoms with Gasteiger partial charge in [0, 0.05) is 24.4 Å². The minimum Gasteiger partial charge on any atom is -0.489 e. The average molecular weight is 397 g/mol. The molecule has 29 heavy (non-hydrogen) atoms. The number of rotatable bonds is 10. The van der Waals surface area contributed by atoms with Gasteiger partial charge in [0.2, 0.25) is 0 Å². The second kappa shape index (κ2) is 11.5. The molecule has 0 aliphatic carbocycles. The minimum atomic E-state index is -0.518. The second-order valence-electron chi connectivity index (χ2n) is 6.31. The van der Waals surface area contributed by atoms with Crippen LogP contribution in [0.1, 0.15) is 29.8 Å². The first-order valence-electron chi connectivity index (χ1n) is 9.39. The van der Waals surface area contributed by atoms with Gasteiger partial charge in [-0.1, -0.05) is 30.3 Å². The summed E-state index contributed by atoms with van der Waals surface area (Å²) in [4.78, 5) is 16.4. The number of nitrogens with zero attached hydrogens (tertiary/aromatic N) is 1. The van der Waals surface area contributed by atoms with Crippen LogP contribution in [0.2, 0.25) is 0 Å². The minimum absolute atomic E-state index is 0.0813. The van der Waals surface area contributed by atoms with Crippen LogP contribution in [0.3, 0.4) is 0 Å². The van der Waals surface area contributed by atoms with Crippen LogP contribution in [0.5, 0.6) is 11.5 Å². The Kier molecular flexibility index (Phi) is 8.72. The molecule has 1 amide bonds. The van der Waals surface area contributed by atoms with Crippen molar-refractivity contribution in [3.8, 4) is 11.5 Å². The van der Waals surface area contributed by atoms with E-state index in [0.29, 0.717) is 18.1 Å². The largest absolute Gasteiger partial charge is 0.489 e. The first kappa shape index (κ1) is 22.0. The molecule has 2 aromatic rings. The van der Waals surface area contributed by atoms with Crippen molar-refractivity contribution in [2.24, 2.45) is 10.7 Å². The number of hydrogen-bond acceptors (Lipinski definition) is 5. The predicted octanol–water partition coefficient (Wildman–Crippen LogP) is 2.65. The lowest BCUT2D eigenvalue weighted by molar-refractivity contribution is 0.100. The number of ether oxygens (including phenoxy) is 2. The molecule has 0 spiro atoms. The van der Waals surface area contributed by atoms with Gasteiger partial charge < -0.3 is 25.6 Å². The molecule has 0 heterocycles. The molecule has 4 N–H and O–H groups in total. The molecule has 7 heteroatoms. The third-order valence-corrected chi connectivity index (χ3v) is 3.78. The van der Waals surface area contributed by atoms with Crippen LogP contribution in [0.25, 0.3) is 0 Å². The van der Waals surface area contributed by atoms with Gasteiger partial charge in [0.15, 0.2) is 0 Å². The normalized spacial score (nSPS) is 12.6. The highest BCUT2D eigenvalue weighted by Crippen LogP contribution is 2.25. The fraction of sp³-hybridized carbons (Fsp3) is 0.273. The highest BCUT2D eigenvalue weighted by Gasteiger charge is 2.12. The van der Waals surface area contributed by atoms with E-state index in [4.69, 9.17) is 15.2 Å². The molecule has 0 unspecified atom stereocenters. The molecule has 154 valence electrons. The van der Waals surface area contributed by atoms with Crippen LogP contribution >= 0.6 is 0 Å². The first-order valence-corrected chi connectivity index (χ1v) is 9.39. The third-order valence-electron chi connectivity index (χ3n) is 3.78. The number of aliphatic imine (C=N–C) groups is 1. The molecule has 0 aromatic heterocycles. The van der Waals surface area contributed by atoms with E-state index in [0.717, 1.165) is 12.1 Å². The monoisotopic (exact) mass is 397 g/mol. The van der Waals surface area contributed by atoms with Crippen molar-refractivity contribution >= 4 is 11.7 Å². The van der Waals surface area contributed by atoms with E-state index in [-0.39, 0.29) is 18.0 Å². The number of benzene rings is 2. The van der Waals surface area contributed by atoms with E-state index in [1.54, 1.807) is 31.3 Å². The zero-order valence-corrected chi connectivity index (χ0v) is 16.7. The van der Waals surface area contributed by atoms with Gasteiger partial charge in [0.1, 0.15) is 30.0 Å². The quantitative estimate of drug-likeness (QED) is 0.420. The van der Waals surface area contributed by atoms with Gasteiger partial charge in [-0.25, -0.2) is 0 Å². The molecule has 7 nitrogen and oxygen atoms in total. The van der Waals surface area contributed by atoms with E-state index in [1.807, 2.05) is 37.3 Å². The van der Waals surface area contributed by atoms with Crippen LogP contribution < -0.4 is 20.5 Å². The summed E-state index contributed by atoms with van der Waals surface area (Å²) in [6.07, 6.45) is 2.71. The Morgan fingerprint density at radius 3 is 2.66 bits per heavy atom. The molecular weight excluding hydrogens is 370 g/mol. The summed E-state index contributed by atoms with van der Waals surface area (Å²) < 4.78 is 11.5. The molecular formula is C22H27N3O4. The van der Waals surface area contributed by atoms with Crippen molar-refractivity contribution < 1.29 is 19.4 Å². The van der Waals surface area contributed by atoms with Crippen LogP contribution in [0, 0.1) is 0 Å². The van der Waals surface area contributed by atoms with E-state index < -0.39 is 12.0 Å². The van der Waals surface area contributed by atoms with Crippen molar-refractivity contribution in [3.63, 3.8) is 0 Å². The third kappa shape index (κ3) is 7.67. The number of aliphatic hydroxyl groups excluding tert-OH is 1. The molecule has 0 aliphatic rings. The fourth-order valence-corrected chi connectivity index (χ4v) is 2.34. The van der Waals surface area contributed by atoms with Crippen molar-refractivity contribution in [3.05, 3.63) is 71.9 Å². The molecule has 0 radical (unpaired) electrons. The van der Waals surface area contributed by atoms with E-state index >= 15 is 0 Å². The number of nitrogens with one attached hydrogen (secondary N) is 1. The van der Waals surface area contributed by atoms with Gasteiger partial charge in [-0.15, -0.1) is 0 Å². The van der Waals surface area contributed by atoms with Gasteiger partial charge in [-0.05, 0) is 37.6 Å². The van der Waals surface area contributed by atoms with Gasteiger partial charge in [-0.3, -0.25) is 4.79 Å². The highest BCUT2D eigenvalue weighted by molar-refractivity contribution is 6.06. The number of amides is 1. The molecule has 0 saturated heterocycles. The summed E-state index contributed by atoms with van der Waals surface area (Å²) in [7, 11) is 0. The molecule has 0 aliphatic heterocycles. The Hall–Kier alpha value is -3.32. The maximum absolute atomic E-state index is 12.5. The van der Waals surface area contributed by atoms with Gasteiger partial charge in [0.25, 0.3) is 5.91 Å². The summed E-state index contributed by atoms with van der Waals surface area (Å²) in [6, 6.07) is 14.5.